The van der Waals surface area contributed by atoms with Gasteiger partial charge in [-0.2, -0.15) is 0 Å². The van der Waals surface area contributed by atoms with Crippen LogP contribution in [-0.2, 0) is 10.4 Å². The molecule has 1 aromatic carbocycles. The second-order valence-corrected chi connectivity index (χ2v) is 7.72. The highest BCUT2D eigenvalue weighted by molar-refractivity contribution is 6.00. The molecular formula is C22H28O5. The Morgan fingerprint density at radius 1 is 1.30 bits per heavy atom. The molecule has 0 heterocycles. The zero-order chi connectivity index (χ0) is 20.2. The molecule has 2 rings (SSSR count). The summed E-state index contributed by atoms with van der Waals surface area (Å²) in [6, 6.07) is 5.10. The van der Waals surface area contributed by atoms with E-state index in [1.165, 1.54) is 13.0 Å². The number of ether oxygens (including phenoxy) is 1. The number of benzene rings is 1. The minimum absolute atomic E-state index is 0.0374. The number of Topliss-reactive ketones (excluding diaryl/α,β-unsaturated/α-hetero) is 1. The van der Waals surface area contributed by atoms with E-state index >= 15 is 0 Å². The van der Waals surface area contributed by atoms with Gasteiger partial charge in [-0.05, 0) is 49.3 Å². The van der Waals surface area contributed by atoms with Crippen LogP contribution in [0.3, 0.4) is 0 Å². The summed E-state index contributed by atoms with van der Waals surface area (Å²) in [5, 5.41) is 20.4. The molecule has 0 aromatic heterocycles. The molecule has 5 heteroatoms. The van der Waals surface area contributed by atoms with Crippen LogP contribution in [-0.4, -0.2) is 35.0 Å². The predicted octanol–water partition coefficient (Wildman–Crippen LogP) is 3.34. The highest BCUT2D eigenvalue weighted by Gasteiger charge is 2.49. The maximum absolute atomic E-state index is 12.7. The Labute approximate surface area is 160 Å². The van der Waals surface area contributed by atoms with Crippen molar-refractivity contribution < 1.29 is 24.5 Å². The molecule has 0 fully saturated rings. The molecule has 2 N–H and O–H groups in total. The van der Waals surface area contributed by atoms with Crippen molar-refractivity contribution in [1.29, 1.82) is 0 Å². The Balaban J connectivity index is 2.46. The third-order valence-electron chi connectivity index (χ3n) is 4.93. The minimum atomic E-state index is -1.36. The monoisotopic (exact) mass is 372 g/mol. The second-order valence-electron chi connectivity index (χ2n) is 7.72. The smallest absolute Gasteiger partial charge is 0.164 e. The first kappa shape index (κ1) is 21.1. The van der Waals surface area contributed by atoms with Gasteiger partial charge >= 0.3 is 0 Å². The van der Waals surface area contributed by atoms with E-state index in [0.717, 1.165) is 5.57 Å². The predicted molar refractivity (Wildman–Crippen MR) is 104 cm³/mol. The zero-order valence-electron chi connectivity index (χ0n) is 16.4. The number of aliphatic hydroxyl groups excluding tert-OH is 1. The van der Waals surface area contributed by atoms with Gasteiger partial charge in [-0.25, -0.2) is 0 Å². The van der Waals surface area contributed by atoms with Crippen molar-refractivity contribution >= 4 is 11.6 Å². The molecule has 0 aliphatic heterocycles. The van der Waals surface area contributed by atoms with Crippen LogP contribution in [0, 0.1) is 5.41 Å². The lowest BCUT2D eigenvalue weighted by Gasteiger charge is -2.45. The molecule has 0 unspecified atom stereocenters. The highest BCUT2D eigenvalue weighted by Crippen LogP contribution is 2.49. The van der Waals surface area contributed by atoms with Gasteiger partial charge in [0.2, 0.25) is 0 Å². The maximum Gasteiger partial charge on any atom is 0.164 e. The molecule has 0 bridgehead atoms. The van der Waals surface area contributed by atoms with E-state index in [1.807, 2.05) is 13.8 Å². The van der Waals surface area contributed by atoms with Crippen LogP contribution in [0.2, 0.25) is 0 Å². The largest absolute Gasteiger partial charge is 0.493 e. The molecule has 1 atom stereocenters. The van der Waals surface area contributed by atoms with Gasteiger partial charge in [-0.3, -0.25) is 9.59 Å². The molecule has 0 radical (unpaired) electrons. The van der Waals surface area contributed by atoms with E-state index in [-0.39, 0.29) is 24.6 Å². The van der Waals surface area contributed by atoms with Crippen molar-refractivity contribution in [3.8, 4) is 5.75 Å². The minimum Gasteiger partial charge on any atom is -0.493 e. The summed E-state index contributed by atoms with van der Waals surface area (Å²) in [6.45, 7) is 7.37. The molecule has 146 valence electrons. The fourth-order valence-corrected chi connectivity index (χ4v) is 3.36. The van der Waals surface area contributed by atoms with Gasteiger partial charge in [-0.1, -0.05) is 26.0 Å². The number of carbonyl (C=O) groups is 2. The molecule has 0 amide bonds. The molecular weight excluding hydrogens is 344 g/mol. The second kappa shape index (κ2) is 8.19. The Bertz CT molecular complexity index is 788. The highest BCUT2D eigenvalue weighted by atomic mass is 16.5. The number of ketones is 2. The number of hydrogen-bond acceptors (Lipinski definition) is 5. The molecule has 1 aliphatic carbocycles. The SMILES string of the molecule is CC(=O)/C=C(C)\C=C\[C@@]1(O)c2ccc(OCCCO)cc2C(=O)CC1(C)C. The van der Waals surface area contributed by atoms with Crippen LogP contribution >= 0.6 is 0 Å². The molecule has 0 spiro atoms. The molecule has 27 heavy (non-hydrogen) atoms. The Kier molecular flexibility index (Phi) is 6.39. The number of aliphatic hydroxyl groups is 2. The van der Waals surface area contributed by atoms with Crippen molar-refractivity contribution in [3.05, 3.63) is 53.1 Å². The van der Waals surface area contributed by atoms with Crippen LogP contribution in [0.25, 0.3) is 0 Å². The van der Waals surface area contributed by atoms with Crippen LogP contribution in [0.4, 0.5) is 0 Å². The Morgan fingerprint density at radius 2 is 2.00 bits per heavy atom. The average molecular weight is 372 g/mol. The van der Waals surface area contributed by atoms with Crippen molar-refractivity contribution in [2.45, 2.75) is 46.1 Å². The normalized spacial score (nSPS) is 22.0. The lowest BCUT2D eigenvalue weighted by Crippen LogP contribution is -2.46. The van der Waals surface area contributed by atoms with Gasteiger partial charge in [0.1, 0.15) is 11.4 Å². The van der Waals surface area contributed by atoms with Gasteiger partial charge < -0.3 is 14.9 Å². The van der Waals surface area contributed by atoms with Gasteiger partial charge in [0.15, 0.2) is 11.6 Å². The maximum atomic E-state index is 12.7. The quantitative estimate of drug-likeness (QED) is 0.436. The fraction of sp³-hybridized carbons (Fsp3) is 0.455. The van der Waals surface area contributed by atoms with Crippen molar-refractivity contribution in [1.82, 2.24) is 0 Å². The van der Waals surface area contributed by atoms with Crippen molar-refractivity contribution in [3.63, 3.8) is 0 Å². The zero-order valence-corrected chi connectivity index (χ0v) is 16.4. The van der Waals surface area contributed by atoms with Gasteiger partial charge in [-0.15, -0.1) is 0 Å². The lowest BCUT2D eigenvalue weighted by molar-refractivity contribution is -0.112. The fourth-order valence-electron chi connectivity index (χ4n) is 3.36. The lowest BCUT2D eigenvalue weighted by atomic mass is 9.62. The first-order chi connectivity index (χ1) is 12.6. The van der Waals surface area contributed by atoms with Crippen molar-refractivity contribution in [2.75, 3.05) is 13.2 Å². The summed E-state index contributed by atoms with van der Waals surface area (Å²) >= 11 is 0. The van der Waals surface area contributed by atoms with Crippen molar-refractivity contribution in [2.24, 2.45) is 5.41 Å². The molecule has 0 saturated carbocycles. The third-order valence-corrected chi connectivity index (χ3v) is 4.93. The number of hydrogen-bond donors (Lipinski definition) is 2. The summed E-state index contributed by atoms with van der Waals surface area (Å²) in [5.41, 5.74) is -0.356. The molecule has 1 aliphatic rings. The molecule has 1 aromatic rings. The van der Waals surface area contributed by atoms with Gasteiger partial charge in [0.05, 0.1) is 6.61 Å². The Hall–Kier alpha value is -2.24. The first-order valence-corrected chi connectivity index (χ1v) is 9.12. The van der Waals surface area contributed by atoms with E-state index in [4.69, 9.17) is 9.84 Å². The summed E-state index contributed by atoms with van der Waals surface area (Å²) in [6.07, 6.45) is 5.58. The van der Waals surface area contributed by atoms with Crippen LogP contribution in [0.15, 0.2) is 42.0 Å². The topological polar surface area (TPSA) is 83.8 Å². The van der Waals surface area contributed by atoms with Gasteiger partial charge in [0.25, 0.3) is 0 Å². The van der Waals surface area contributed by atoms with Gasteiger partial charge in [0, 0.05) is 30.4 Å². The van der Waals surface area contributed by atoms with E-state index in [0.29, 0.717) is 29.9 Å². The van der Waals surface area contributed by atoms with E-state index in [9.17, 15) is 14.7 Å². The van der Waals surface area contributed by atoms with Crippen LogP contribution in [0.1, 0.15) is 56.5 Å². The third kappa shape index (κ3) is 4.54. The number of rotatable bonds is 7. The average Bonchev–Trinajstić information content (AvgIpc) is 2.57. The van der Waals surface area contributed by atoms with E-state index in [2.05, 4.69) is 0 Å². The summed E-state index contributed by atoms with van der Waals surface area (Å²) < 4.78 is 5.56. The van der Waals surface area contributed by atoms with Crippen LogP contribution < -0.4 is 4.74 Å². The number of allylic oxidation sites excluding steroid dienone is 3. The standard InChI is InChI=1S/C22H28O5/c1-15(12-16(2)24)8-9-22(26)19-7-6-17(27-11-5-10-23)13-18(19)20(25)14-21(22,3)4/h6-9,12-13,23,26H,5,10-11,14H2,1-4H3/b9-8+,15-12-/t22-/m1/s1. The van der Waals surface area contributed by atoms with Crippen LogP contribution in [0.5, 0.6) is 5.75 Å². The summed E-state index contributed by atoms with van der Waals surface area (Å²) in [7, 11) is 0. The molecule has 0 saturated heterocycles. The number of fused-ring (bicyclic) bond motifs is 1. The first-order valence-electron chi connectivity index (χ1n) is 9.12. The van der Waals surface area contributed by atoms with E-state index < -0.39 is 11.0 Å². The number of carbonyl (C=O) groups excluding carboxylic acids is 2. The van der Waals surface area contributed by atoms with E-state index in [1.54, 1.807) is 37.3 Å². The summed E-state index contributed by atoms with van der Waals surface area (Å²) in [4.78, 5) is 23.9. The molecule has 5 nitrogen and oxygen atoms in total. The summed E-state index contributed by atoms with van der Waals surface area (Å²) in [5.74, 6) is 0.429. The Morgan fingerprint density at radius 3 is 2.63 bits per heavy atom.